The van der Waals surface area contributed by atoms with Gasteiger partial charge in [-0.15, -0.1) is 10.2 Å². The van der Waals surface area contributed by atoms with Crippen molar-refractivity contribution >= 4 is 69.4 Å². The van der Waals surface area contributed by atoms with Gasteiger partial charge in [0.25, 0.3) is 0 Å². The van der Waals surface area contributed by atoms with Crippen molar-refractivity contribution in [2.24, 2.45) is 0 Å². The van der Waals surface area contributed by atoms with Crippen LogP contribution in [0.15, 0.2) is 97.6 Å². The first-order valence-corrected chi connectivity index (χ1v) is 17.9. The Balaban J connectivity index is 0.000000181. The fourth-order valence-corrected chi connectivity index (χ4v) is 6.24. The summed E-state index contributed by atoms with van der Waals surface area (Å²) in [6.45, 7) is 17.7. The number of nitriles is 2. The molecule has 0 aliphatic carbocycles. The van der Waals surface area contributed by atoms with E-state index >= 15 is 0 Å². The number of nitrogens with zero attached hydrogens (tertiary/aromatic N) is 14. The molecule has 0 saturated carbocycles. The molecule has 0 bridgehead atoms. The molecule has 0 amide bonds. The Morgan fingerprint density at radius 2 is 1.13 bits per heavy atom. The van der Waals surface area contributed by atoms with Gasteiger partial charge in [-0.2, -0.15) is 29.9 Å². The number of hydrogen-bond acceptors (Lipinski definition) is 12. The zero-order valence-electron chi connectivity index (χ0n) is 31.4. The fourth-order valence-electron chi connectivity index (χ4n) is 5.94. The second-order valence-electron chi connectivity index (χ2n) is 12.7. The third-order valence-corrected chi connectivity index (χ3v) is 8.87. The maximum atomic E-state index is 14.8. The number of benzene rings is 4. The SMILES string of the molecule is [C-]#[N+]/C=C/c1cc(C)c(-n2nnc3cnc(Nc4ccc(C#N)cc4)nc32)c(C)c1.[C-]#[N+]/C=C/c1cc(F)c(-n2nnc3cnc(Nc4ccc(C#N)cc4)nc32)c(Cl)c1. The predicted octanol–water partition coefficient (Wildman–Crippen LogP) is 8.84. The maximum absolute atomic E-state index is 14.8. The van der Waals surface area contributed by atoms with Gasteiger partial charge < -0.3 is 10.6 Å². The zero-order valence-corrected chi connectivity index (χ0v) is 32.2. The molecule has 4 heterocycles. The van der Waals surface area contributed by atoms with Crippen LogP contribution in [0.2, 0.25) is 5.02 Å². The molecule has 0 radical (unpaired) electrons. The molecule has 0 aliphatic heterocycles. The van der Waals surface area contributed by atoms with E-state index in [-0.39, 0.29) is 22.3 Å². The lowest BCUT2D eigenvalue weighted by molar-refractivity contribution is 0.609. The van der Waals surface area contributed by atoms with Crippen molar-refractivity contribution in [1.29, 1.82) is 10.5 Å². The third kappa shape index (κ3) is 8.57. The Bertz CT molecular complexity index is 2880. The maximum Gasteiger partial charge on any atom is 0.229 e. The highest BCUT2D eigenvalue weighted by Crippen LogP contribution is 2.29. The number of rotatable bonds is 8. The van der Waals surface area contributed by atoms with Crippen molar-refractivity contribution in [1.82, 2.24) is 49.9 Å². The molecule has 2 N–H and O–H groups in total. The van der Waals surface area contributed by atoms with Crippen LogP contribution in [0.25, 0.3) is 55.5 Å². The molecule has 0 saturated heterocycles. The summed E-state index contributed by atoms with van der Waals surface area (Å²) >= 11 is 6.28. The van der Waals surface area contributed by atoms with E-state index in [1.54, 1.807) is 65.5 Å². The lowest BCUT2D eigenvalue weighted by atomic mass is 10.0. The predicted molar refractivity (Wildman–Crippen MR) is 224 cm³/mol. The molecule has 60 heavy (non-hydrogen) atoms. The lowest BCUT2D eigenvalue weighted by Crippen LogP contribution is -2.05. The van der Waals surface area contributed by atoms with Crippen molar-refractivity contribution in [2.75, 3.05) is 10.6 Å². The van der Waals surface area contributed by atoms with Gasteiger partial charge in [-0.05, 0) is 96.8 Å². The molecular formula is C42H26ClFN16. The summed E-state index contributed by atoms with van der Waals surface area (Å²) in [5.41, 5.74) is 8.58. The monoisotopic (exact) mass is 808 g/mol. The number of fused-ring (bicyclic) bond motifs is 2. The second kappa shape index (κ2) is 17.5. The summed E-state index contributed by atoms with van der Waals surface area (Å²) in [6, 6.07) is 24.7. The van der Waals surface area contributed by atoms with E-state index < -0.39 is 5.82 Å². The molecule has 0 fully saturated rings. The number of aryl methyl sites for hydroxylation is 2. The summed E-state index contributed by atoms with van der Waals surface area (Å²) in [7, 11) is 0. The van der Waals surface area contributed by atoms with Crippen molar-refractivity contribution < 1.29 is 4.39 Å². The zero-order chi connectivity index (χ0) is 42.2. The lowest BCUT2D eigenvalue weighted by Gasteiger charge is -2.12. The molecule has 0 atom stereocenters. The molecule has 8 rings (SSSR count). The average Bonchev–Trinajstić information content (AvgIpc) is 3.86. The molecule has 18 heteroatoms. The van der Waals surface area contributed by atoms with E-state index in [4.69, 9.17) is 35.3 Å². The van der Waals surface area contributed by atoms with Crippen LogP contribution in [-0.2, 0) is 0 Å². The topological polar surface area (TPSA) is 193 Å². The third-order valence-electron chi connectivity index (χ3n) is 8.58. The quantitative estimate of drug-likeness (QED) is 0.139. The molecule has 4 aromatic carbocycles. The highest BCUT2D eigenvalue weighted by Gasteiger charge is 2.18. The molecular weight excluding hydrogens is 783 g/mol. The van der Waals surface area contributed by atoms with E-state index in [0.29, 0.717) is 45.0 Å². The van der Waals surface area contributed by atoms with E-state index in [1.807, 2.05) is 32.0 Å². The Kier molecular flexibility index (Phi) is 11.5. The van der Waals surface area contributed by atoms with Gasteiger partial charge in [0.15, 0.2) is 40.5 Å². The van der Waals surface area contributed by atoms with Gasteiger partial charge >= 0.3 is 0 Å². The molecule has 0 spiro atoms. The van der Waals surface area contributed by atoms with Crippen LogP contribution < -0.4 is 10.6 Å². The number of hydrogen-bond donors (Lipinski definition) is 2. The van der Waals surface area contributed by atoms with Gasteiger partial charge in [-0.25, -0.2) is 24.0 Å². The Labute approximate surface area is 345 Å². The number of nitrogens with one attached hydrogen (secondary N) is 2. The van der Waals surface area contributed by atoms with Crippen LogP contribution in [0, 0.1) is 55.5 Å². The largest absolute Gasteiger partial charge is 0.324 e. The minimum Gasteiger partial charge on any atom is -0.324 e. The molecule has 4 aromatic heterocycles. The Morgan fingerprint density at radius 1 is 0.683 bits per heavy atom. The van der Waals surface area contributed by atoms with Gasteiger partial charge in [0.2, 0.25) is 11.9 Å². The van der Waals surface area contributed by atoms with Gasteiger partial charge in [0, 0.05) is 11.4 Å². The number of halogens is 2. The smallest absolute Gasteiger partial charge is 0.229 e. The first kappa shape index (κ1) is 39.3. The summed E-state index contributed by atoms with van der Waals surface area (Å²) < 4.78 is 17.7. The van der Waals surface area contributed by atoms with Crippen molar-refractivity contribution in [3.63, 3.8) is 0 Å². The number of aromatic nitrogens is 10. The van der Waals surface area contributed by atoms with Crippen molar-refractivity contribution in [2.45, 2.75) is 13.8 Å². The second-order valence-corrected chi connectivity index (χ2v) is 13.1. The first-order chi connectivity index (χ1) is 29.2. The summed E-state index contributed by atoms with van der Waals surface area (Å²) in [5.74, 6) is 0.00529. The highest BCUT2D eigenvalue weighted by atomic mass is 35.5. The van der Waals surface area contributed by atoms with E-state index in [2.05, 4.69) is 67.0 Å². The molecule has 16 nitrogen and oxygen atoms in total. The van der Waals surface area contributed by atoms with E-state index in [9.17, 15) is 4.39 Å². The molecule has 0 unspecified atom stereocenters. The first-order valence-electron chi connectivity index (χ1n) is 17.6. The minimum atomic E-state index is -0.640. The van der Waals surface area contributed by atoms with Crippen LogP contribution in [0.5, 0.6) is 0 Å². The minimum absolute atomic E-state index is 0.0119. The Morgan fingerprint density at radius 3 is 1.57 bits per heavy atom. The summed E-state index contributed by atoms with van der Waals surface area (Å²) in [4.78, 5) is 23.8. The van der Waals surface area contributed by atoms with Crippen LogP contribution in [0.1, 0.15) is 33.4 Å². The van der Waals surface area contributed by atoms with Crippen LogP contribution in [-0.4, -0.2) is 49.9 Å². The van der Waals surface area contributed by atoms with Crippen LogP contribution in [0.4, 0.5) is 27.7 Å². The molecule has 0 aliphatic rings. The van der Waals surface area contributed by atoms with E-state index in [1.165, 1.54) is 41.5 Å². The standard InChI is InChI=1S/C22H16N8.C20H10ClFN8/c1-14-10-17(8-9-24-3)11-15(2)20(14)30-21-19(28-29-30)13-25-22(27-21)26-18-6-4-16(12-23)5-7-18;1-24-7-6-13-8-15(21)18(16(22)9-13)30-19-17(28-29-30)11-25-20(27-19)26-14-4-2-12(10-23)3-5-14/h4-11,13H,1-2H3,(H,25,26,27);2-9,11H,(H,25,26,27)/b9-8+;7-6+. The van der Waals surface area contributed by atoms with Gasteiger partial charge in [-0.1, -0.05) is 46.3 Å². The van der Waals surface area contributed by atoms with Crippen LogP contribution in [0.3, 0.4) is 0 Å². The molecule has 288 valence electrons. The van der Waals surface area contributed by atoms with Crippen molar-refractivity contribution in [3.05, 3.63) is 165 Å². The van der Waals surface area contributed by atoms with E-state index in [0.717, 1.165) is 28.1 Å². The number of anilines is 4. The highest BCUT2D eigenvalue weighted by molar-refractivity contribution is 6.32. The Hall–Kier alpha value is -8.90. The fraction of sp³-hybridized carbons (Fsp3) is 0.0476. The summed E-state index contributed by atoms with van der Waals surface area (Å²) in [6.07, 6.45) is 8.95. The van der Waals surface area contributed by atoms with Gasteiger partial charge in [0.05, 0.1) is 59.5 Å². The normalized spacial score (nSPS) is 10.8. The van der Waals surface area contributed by atoms with Crippen molar-refractivity contribution in [3.8, 4) is 23.5 Å². The van der Waals surface area contributed by atoms with Crippen LogP contribution >= 0.6 is 11.6 Å². The van der Waals surface area contributed by atoms with Gasteiger partial charge in [-0.3, -0.25) is 0 Å². The average molecular weight is 809 g/mol. The van der Waals surface area contributed by atoms with Gasteiger partial charge in [0.1, 0.15) is 5.69 Å². The summed E-state index contributed by atoms with van der Waals surface area (Å²) in [5, 5.41) is 40.5. The molecule has 8 aromatic rings.